The SMILES string of the molecule is CNC(=O)Nc1c(Cl)cc(S(N)(=O)=O)cc1Cl. The molecule has 6 nitrogen and oxygen atoms in total. The van der Waals surface area contributed by atoms with E-state index in [4.69, 9.17) is 28.3 Å². The number of carbonyl (C=O) groups is 1. The van der Waals surface area contributed by atoms with Gasteiger partial charge in [0.2, 0.25) is 10.0 Å². The molecule has 0 atom stereocenters. The average molecular weight is 298 g/mol. The van der Waals surface area contributed by atoms with E-state index in [0.29, 0.717) is 0 Å². The Balaban J connectivity index is 3.25. The molecule has 94 valence electrons. The predicted molar refractivity (Wildman–Crippen MR) is 65.9 cm³/mol. The monoisotopic (exact) mass is 297 g/mol. The fourth-order valence-corrected chi connectivity index (χ4v) is 2.28. The Morgan fingerprint density at radius 1 is 1.29 bits per heavy atom. The van der Waals surface area contributed by atoms with E-state index in [1.54, 1.807) is 0 Å². The quantitative estimate of drug-likeness (QED) is 0.769. The molecule has 0 radical (unpaired) electrons. The van der Waals surface area contributed by atoms with Gasteiger partial charge in [-0.3, -0.25) is 0 Å². The van der Waals surface area contributed by atoms with Gasteiger partial charge in [0, 0.05) is 7.05 Å². The van der Waals surface area contributed by atoms with Crippen LogP contribution in [0.1, 0.15) is 0 Å². The number of carbonyl (C=O) groups excluding carboxylic acids is 1. The van der Waals surface area contributed by atoms with E-state index in [0.717, 1.165) is 12.1 Å². The Hall–Kier alpha value is -1.02. The topological polar surface area (TPSA) is 101 Å². The smallest absolute Gasteiger partial charge is 0.319 e. The van der Waals surface area contributed by atoms with Gasteiger partial charge < -0.3 is 10.6 Å². The van der Waals surface area contributed by atoms with Crippen molar-refractivity contribution >= 4 is 44.9 Å². The van der Waals surface area contributed by atoms with Gasteiger partial charge in [-0.05, 0) is 12.1 Å². The Morgan fingerprint density at radius 2 is 1.76 bits per heavy atom. The van der Waals surface area contributed by atoms with Gasteiger partial charge in [0.25, 0.3) is 0 Å². The third-order valence-corrected chi connectivity index (χ3v) is 3.30. The predicted octanol–water partition coefficient (Wildman–Crippen LogP) is 1.39. The van der Waals surface area contributed by atoms with Crippen LogP contribution in [0, 0.1) is 0 Å². The molecule has 1 rings (SSSR count). The number of nitrogens with one attached hydrogen (secondary N) is 2. The first-order valence-electron chi connectivity index (χ1n) is 4.26. The molecular formula is C8H9Cl2N3O3S. The summed E-state index contributed by atoms with van der Waals surface area (Å²) >= 11 is 11.6. The maximum Gasteiger partial charge on any atom is 0.319 e. The second-order valence-corrected chi connectivity index (χ2v) is 5.39. The van der Waals surface area contributed by atoms with Crippen LogP contribution in [0.5, 0.6) is 0 Å². The number of anilines is 1. The molecule has 0 saturated heterocycles. The molecule has 1 aromatic rings. The van der Waals surface area contributed by atoms with Crippen molar-refractivity contribution in [1.82, 2.24) is 5.32 Å². The van der Waals surface area contributed by atoms with E-state index in [1.165, 1.54) is 7.05 Å². The van der Waals surface area contributed by atoms with E-state index in [-0.39, 0.29) is 20.6 Å². The maximum atomic E-state index is 11.1. The number of hydrogen-bond donors (Lipinski definition) is 3. The van der Waals surface area contributed by atoms with Crippen LogP contribution in [0.3, 0.4) is 0 Å². The van der Waals surface area contributed by atoms with Gasteiger partial charge in [0.05, 0.1) is 20.6 Å². The van der Waals surface area contributed by atoms with Gasteiger partial charge in [0.1, 0.15) is 0 Å². The summed E-state index contributed by atoms with van der Waals surface area (Å²) in [5.74, 6) is 0. The van der Waals surface area contributed by atoms with Crippen molar-refractivity contribution in [2.45, 2.75) is 4.90 Å². The van der Waals surface area contributed by atoms with Crippen LogP contribution in [-0.4, -0.2) is 21.5 Å². The Kier molecular flexibility index (Phi) is 4.21. The van der Waals surface area contributed by atoms with E-state index in [1.807, 2.05) is 0 Å². The highest BCUT2D eigenvalue weighted by Crippen LogP contribution is 2.32. The minimum absolute atomic E-state index is 0.0230. The van der Waals surface area contributed by atoms with Crippen molar-refractivity contribution in [2.24, 2.45) is 5.14 Å². The standard InChI is InChI=1S/C8H9Cl2N3O3S/c1-12-8(14)13-7-5(9)2-4(3-6(7)10)17(11,15)16/h2-3H,1H3,(H2,11,15,16)(H2,12,13,14). The summed E-state index contributed by atoms with van der Waals surface area (Å²) in [5.41, 5.74) is 0.111. The van der Waals surface area contributed by atoms with Gasteiger partial charge in [-0.15, -0.1) is 0 Å². The number of amides is 2. The molecule has 0 aromatic heterocycles. The summed E-state index contributed by atoms with van der Waals surface area (Å²) in [6, 6.07) is 1.68. The minimum Gasteiger partial charge on any atom is -0.341 e. The number of urea groups is 1. The Bertz CT molecular complexity index is 536. The van der Waals surface area contributed by atoms with Crippen LogP contribution in [-0.2, 0) is 10.0 Å². The van der Waals surface area contributed by atoms with Crippen molar-refractivity contribution in [3.63, 3.8) is 0 Å². The second-order valence-electron chi connectivity index (χ2n) is 3.01. The zero-order valence-corrected chi connectivity index (χ0v) is 10.9. The molecule has 0 unspecified atom stereocenters. The van der Waals surface area contributed by atoms with Crippen LogP contribution in [0.25, 0.3) is 0 Å². The minimum atomic E-state index is -3.90. The molecule has 0 bridgehead atoms. The summed E-state index contributed by atoms with van der Waals surface area (Å²) < 4.78 is 22.2. The van der Waals surface area contributed by atoms with Crippen molar-refractivity contribution in [2.75, 3.05) is 12.4 Å². The summed E-state index contributed by atoms with van der Waals surface area (Å²) in [6.07, 6.45) is 0. The number of rotatable bonds is 2. The molecule has 9 heteroatoms. The zero-order valence-electron chi connectivity index (χ0n) is 8.62. The highest BCUT2D eigenvalue weighted by atomic mass is 35.5. The first-order valence-corrected chi connectivity index (χ1v) is 6.56. The third-order valence-electron chi connectivity index (χ3n) is 1.81. The lowest BCUT2D eigenvalue weighted by molar-refractivity contribution is 0.254. The van der Waals surface area contributed by atoms with E-state index >= 15 is 0 Å². The van der Waals surface area contributed by atoms with E-state index in [2.05, 4.69) is 10.6 Å². The third kappa shape index (κ3) is 3.47. The normalized spacial score (nSPS) is 11.1. The summed E-state index contributed by atoms with van der Waals surface area (Å²) in [7, 11) is -2.48. The average Bonchev–Trinajstić information content (AvgIpc) is 2.21. The lowest BCUT2D eigenvalue weighted by atomic mass is 10.3. The second kappa shape index (κ2) is 5.09. The molecular weight excluding hydrogens is 289 g/mol. The summed E-state index contributed by atoms with van der Waals surface area (Å²) in [4.78, 5) is 10.9. The first-order chi connectivity index (χ1) is 7.75. The zero-order chi connectivity index (χ0) is 13.2. The number of nitrogens with two attached hydrogens (primary N) is 1. The summed E-state index contributed by atoms with van der Waals surface area (Å²) in [6.45, 7) is 0. The van der Waals surface area contributed by atoms with Gasteiger partial charge in [0.15, 0.2) is 0 Å². The number of hydrogen-bond acceptors (Lipinski definition) is 3. The highest BCUT2D eigenvalue weighted by molar-refractivity contribution is 7.89. The van der Waals surface area contributed by atoms with Crippen LogP contribution in [0.15, 0.2) is 17.0 Å². The first kappa shape index (κ1) is 14.0. The molecule has 0 aliphatic carbocycles. The van der Waals surface area contributed by atoms with Crippen LogP contribution in [0.4, 0.5) is 10.5 Å². The molecule has 0 fully saturated rings. The molecule has 0 aliphatic heterocycles. The highest BCUT2D eigenvalue weighted by Gasteiger charge is 2.15. The van der Waals surface area contributed by atoms with Gasteiger partial charge in [-0.2, -0.15) is 0 Å². The van der Waals surface area contributed by atoms with Gasteiger partial charge in [-0.1, -0.05) is 23.2 Å². The number of halogens is 2. The molecule has 0 aliphatic rings. The van der Waals surface area contributed by atoms with Crippen molar-refractivity contribution in [1.29, 1.82) is 0 Å². The Labute approximate surface area is 108 Å². The maximum absolute atomic E-state index is 11.1. The molecule has 17 heavy (non-hydrogen) atoms. The van der Waals surface area contributed by atoms with Crippen LogP contribution in [0.2, 0.25) is 10.0 Å². The van der Waals surface area contributed by atoms with Crippen molar-refractivity contribution < 1.29 is 13.2 Å². The number of benzene rings is 1. The van der Waals surface area contributed by atoms with Crippen molar-refractivity contribution in [3.05, 3.63) is 22.2 Å². The molecule has 2 amide bonds. The lowest BCUT2D eigenvalue weighted by Crippen LogP contribution is -2.25. The summed E-state index contributed by atoms with van der Waals surface area (Å²) in [5, 5.41) is 9.54. The van der Waals surface area contributed by atoms with Crippen molar-refractivity contribution in [3.8, 4) is 0 Å². The molecule has 4 N–H and O–H groups in total. The van der Waals surface area contributed by atoms with Crippen LogP contribution < -0.4 is 15.8 Å². The lowest BCUT2D eigenvalue weighted by Gasteiger charge is -2.10. The number of sulfonamides is 1. The fraction of sp³-hybridized carbons (Fsp3) is 0.125. The van der Waals surface area contributed by atoms with E-state index < -0.39 is 16.1 Å². The van der Waals surface area contributed by atoms with Crippen LogP contribution >= 0.6 is 23.2 Å². The molecule has 0 saturated carbocycles. The largest absolute Gasteiger partial charge is 0.341 e. The molecule has 1 aromatic carbocycles. The number of primary sulfonamides is 1. The van der Waals surface area contributed by atoms with E-state index in [9.17, 15) is 13.2 Å². The molecule has 0 spiro atoms. The van der Waals surface area contributed by atoms with Gasteiger partial charge in [-0.25, -0.2) is 18.4 Å². The molecule has 0 heterocycles. The Morgan fingerprint density at radius 3 is 2.12 bits per heavy atom. The fourth-order valence-electron chi connectivity index (χ4n) is 1.01. The van der Waals surface area contributed by atoms with Gasteiger partial charge >= 0.3 is 6.03 Å².